The van der Waals surface area contributed by atoms with Crippen molar-refractivity contribution in [3.05, 3.63) is 47.8 Å². The Labute approximate surface area is 206 Å². The van der Waals surface area contributed by atoms with Gasteiger partial charge in [-0.25, -0.2) is 14.0 Å². The number of nitrogens with zero attached hydrogens (tertiary/aromatic N) is 3. The first-order valence-electron chi connectivity index (χ1n) is 11.0. The zero-order valence-electron chi connectivity index (χ0n) is 20.4. The van der Waals surface area contributed by atoms with E-state index in [9.17, 15) is 24.2 Å². The third-order valence-corrected chi connectivity index (χ3v) is 5.07. The first kappa shape index (κ1) is 26.5. The van der Waals surface area contributed by atoms with Gasteiger partial charge in [0.15, 0.2) is 0 Å². The zero-order valence-corrected chi connectivity index (χ0v) is 20.4. The van der Waals surface area contributed by atoms with Crippen LogP contribution in [0, 0.1) is 5.82 Å². The summed E-state index contributed by atoms with van der Waals surface area (Å²) in [6.07, 6.45) is -3.12. The van der Waals surface area contributed by atoms with Crippen molar-refractivity contribution < 1.29 is 38.4 Å². The summed E-state index contributed by atoms with van der Waals surface area (Å²) in [5, 5.41) is 24.4. The number of carboxylic acid groups (broad SMARTS) is 1. The minimum atomic E-state index is -1.29. The molecule has 0 fully saturated rings. The van der Waals surface area contributed by atoms with Gasteiger partial charge >= 0.3 is 12.2 Å². The van der Waals surface area contributed by atoms with Gasteiger partial charge < -0.3 is 35.1 Å². The lowest BCUT2D eigenvalue weighted by molar-refractivity contribution is 0.0117. The van der Waals surface area contributed by atoms with Crippen LogP contribution >= 0.6 is 0 Å². The number of carbonyl (C=O) groups excluding carboxylic acids is 1. The number of anilines is 1. The SMILES string of the molecule is COc1nn(C(=O)O)c2cc(OCCN(CC(O)c3ccc(F)c(N)c3)C(=O)OC(C)(C)C)ccc12. The van der Waals surface area contributed by atoms with E-state index in [2.05, 4.69) is 5.10 Å². The minimum Gasteiger partial charge on any atom is -0.492 e. The lowest BCUT2D eigenvalue weighted by Gasteiger charge is -2.29. The summed E-state index contributed by atoms with van der Waals surface area (Å²) in [5.74, 6) is -0.115. The van der Waals surface area contributed by atoms with Crippen molar-refractivity contribution in [2.45, 2.75) is 32.5 Å². The van der Waals surface area contributed by atoms with Crippen LogP contribution in [0.15, 0.2) is 36.4 Å². The third-order valence-electron chi connectivity index (χ3n) is 5.07. The van der Waals surface area contributed by atoms with Crippen molar-refractivity contribution in [3.8, 4) is 11.6 Å². The fourth-order valence-corrected chi connectivity index (χ4v) is 3.39. The van der Waals surface area contributed by atoms with Crippen molar-refractivity contribution in [3.63, 3.8) is 0 Å². The van der Waals surface area contributed by atoms with E-state index < -0.39 is 29.7 Å². The monoisotopic (exact) mass is 504 g/mol. The number of hydrogen-bond donors (Lipinski definition) is 3. The summed E-state index contributed by atoms with van der Waals surface area (Å²) in [6.45, 7) is 5.01. The quantitative estimate of drug-likeness (QED) is 0.391. The number of aliphatic hydroxyl groups excluding tert-OH is 1. The highest BCUT2D eigenvalue weighted by atomic mass is 19.1. The van der Waals surface area contributed by atoms with Gasteiger partial charge in [0.25, 0.3) is 0 Å². The Morgan fingerprint density at radius 2 is 1.94 bits per heavy atom. The Morgan fingerprint density at radius 3 is 2.56 bits per heavy atom. The molecule has 0 bridgehead atoms. The van der Waals surface area contributed by atoms with Gasteiger partial charge in [-0.15, -0.1) is 5.10 Å². The lowest BCUT2D eigenvalue weighted by atomic mass is 10.1. The number of aliphatic hydroxyl groups is 1. The average molecular weight is 505 g/mol. The molecule has 0 aliphatic carbocycles. The van der Waals surface area contributed by atoms with Gasteiger partial charge in [0.1, 0.15) is 23.8 Å². The average Bonchev–Trinajstić information content (AvgIpc) is 3.17. The summed E-state index contributed by atoms with van der Waals surface area (Å²) in [4.78, 5) is 25.5. The Kier molecular flexibility index (Phi) is 7.88. The molecule has 36 heavy (non-hydrogen) atoms. The predicted molar refractivity (Wildman–Crippen MR) is 129 cm³/mol. The molecular formula is C24H29FN4O7. The van der Waals surface area contributed by atoms with Gasteiger partial charge in [0.05, 0.1) is 42.9 Å². The number of ether oxygens (including phenoxy) is 3. The summed E-state index contributed by atoms with van der Waals surface area (Å²) < 4.78 is 30.6. The van der Waals surface area contributed by atoms with Gasteiger partial charge in [0.2, 0.25) is 5.88 Å². The normalized spacial score (nSPS) is 12.3. The van der Waals surface area contributed by atoms with Gasteiger partial charge in [-0.3, -0.25) is 0 Å². The molecule has 3 rings (SSSR count). The standard InChI is InChI=1S/C24H29FN4O7/c1-24(2,3)36-23(33)28(13-20(30)14-5-8-17(25)18(26)11-14)9-10-35-15-6-7-16-19(12-15)29(22(31)32)27-21(16)34-4/h5-8,11-12,20,30H,9-10,13,26H2,1-4H3,(H,31,32). The van der Waals surface area contributed by atoms with Gasteiger partial charge in [0, 0.05) is 6.07 Å². The second kappa shape index (κ2) is 10.7. The fraction of sp³-hybridized carbons (Fsp3) is 0.375. The Morgan fingerprint density at radius 1 is 1.22 bits per heavy atom. The molecule has 0 saturated heterocycles. The molecule has 1 heterocycles. The molecule has 2 aromatic carbocycles. The minimum absolute atomic E-state index is 0.00136. The van der Waals surface area contributed by atoms with Crippen molar-refractivity contribution in [2.24, 2.45) is 0 Å². The van der Waals surface area contributed by atoms with Crippen LogP contribution in [0.5, 0.6) is 11.6 Å². The van der Waals surface area contributed by atoms with Crippen LogP contribution in [0.1, 0.15) is 32.4 Å². The zero-order chi connectivity index (χ0) is 26.6. The Bertz CT molecular complexity index is 1260. The maximum atomic E-state index is 13.5. The number of halogens is 1. The van der Waals surface area contributed by atoms with Crippen LogP contribution < -0.4 is 15.2 Å². The Balaban J connectivity index is 1.75. The molecule has 0 radical (unpaired) electrons. The molecule has 12 heteroatoms. The number of fused-ring (bicyclic) bond motifs is 1. The van der Waals surface area contributed by atoms with Crippen molar-refractivity contribution in [2.75, 3.05) is 32.5 Å². The van der Waals surface area contributed by atoms with Crippen molar-refractivity contribution in [1.29, 1.82) is 0 Å². The molecule has 4 N–H and O–H groups in total. The number of nitrogen functional groups attached to an aromatic ring is 1. The van der Waals surface area contributed by atoms with Crippen LogP contribution in [-0.2, 0) is 4.74 Å². The highest BCUT2D eigenvalue weighted by Gasteiger charge is 2.25. The Hall–Kier alpha value is -4.06. The second-order valence-electron chi connectivity index (χ2n) is 8.95. The largest absolute Gasteiger partial charge is 0.492 e. The van der Waals surface area contributed by atoms with Crippen LogP contribution in [0.4, 0.5) is 19.7 Å². The summed E-state index contributed by atoms with van der Waals surface area (Å²) in [5.41, 5.74) is 5.30. The number of aromatic nitrogens is 2. The number of carbonyl (C=O) groups is 2. The van der Waals surface area contributed by atoms with Crippen molar-refractivity contribution >= 4 is 28.8 Å². The van der Waals surface area contributed by atoms with Crippen molar-refractivity contribution in [1.82, 2.24) is 14.7 Å². The first-order chi connectivity index (χ1) is 16.9. The van der Waals surface area contributed by atoms with E-state index in [-0.39, 0.29) is 36.8 Å². The molecule has 0 aliphatic heterocycles. The number of methoxy groups -OCH3 is 1. The maximum absolute atomic E-state index is 13.5. The van der Waals surface area contributed by atoms with Gasteiger partial charge in [-0.2, -0.15) is 4.68 Å². The lowest BCUT2D eigenvalue weighted by Crippen LogP contribution is -2.41. The maximum Gasteiger partial charge on any atom is 0.432 e. The first-order valence-corrected chi connectivity index (χ1v) is 11.0. The molecule has 3 aromatic rings. The number of hydrogen-bond acceptors (Lipinski definition) is 8. The molecule has 1 aromatic heterocycles. The van der Waals surface area contributed by atoms with E-state index in [0.717, 1.165) is 10.7 Å². The molecule has 194 valence electrons. The highest BCUT2D eigenvalue weighted by molar-refractivity contribution is 5.91. The second-order valence-corrected chi connectivity index (χ2v) is 8.95. The number of benzene rings is 2. The summed E-state index contributed by atoms with van der Waals surface area (Å²) >= 11 is 0. The van der Waals surface area contributed by atoms with E-state index in [1.165, 1.54) is 30.2 Å². The summed E-state index contributed by atoms with van der Waals surface area (Å²) in [6, 6.07) is 8.56. The molecule has 11 nitrogen and oxygen atoms in total. The number of nitrogens with two attached hydrogens (primary N) is 1. The van der Waals surface area contributed by atoms with E-state index in [1.54, 1.807) is 32.9 Å². The van der Waals surface area contributed by atoms with E-state index in [4.69, 9.17) is 19.9 Å². The van der Waals surface area contributed by atoms with Gasteiger partial charge in [-0.1, -0.05) is 6.07 Å². The topological polar surface area (TPSA) is 149 Å². The molecule has 0 aliphatic rings. The molecule has 0 saturated carbocycles. The summed E-state index contributed by atoms with van der Waals surface area (Å²) in [7, 11) is 1.39. The highest BCUT2D eigenvalue weighted by Crippen LogP contribution is 2.28. The third kappa shape index (κ3) is 6.33. The molecule has 1 atom stereocenters. The van der Waals surface area contributed by atoms with Crippen LogP contribution in [0.2, 0.25) is 0 Å². The molecule has 0 spiro atoms. The number of amides is 1. The predicted octanol–water partition coefficient (Wildman–Crippen LogP) is 3.64. The fourth-order valence-electron chi connectivity index (χ4n) is 3.39. The van der Waals surface area contributed by atoms with Crippen LogP contribution in [0.3, 0.4) is 0 Å². The van der Waals surface area contributed by atoms with Crippen LogP contribution in [0.25, 0.3) is 10.9 Å². The van der Waals surface area contributed by atoms with Crippen LogP contribution in [-0.4, -0.2) is 69.5 Å². The van der Waals surface area contributed by atoms with E-state index in [1.807, 2.05) is 0 Å². The number of rotatable bonds is 8. The van der Waals surface area contributed by atoms with Gasteiger partial charge in [-0.05, 0) is 50.6 Å². The molecular weight excluding hydrogens is 475 g/mol. The smallest absolute Gasteiger partial charge is 0.432 e. The van der Waals surface area contributed by atoms with E-state index >= 15 is 0 Å². The molecule has 1 amide bonds. The molecule has 1 unspecified atom stereocenters. The van der Waals surface area contributed by atoms with E-state index in [0.29, 0.717) is 16.7 Å².